The standard InChI is InChI=1S/C13H13N3O2S/c1-8(12(17)16-13(14)18)19-11-7-6-9-4-2-3-5-10(9)15-11/h2-8H,1H3,(H3,14,16,17,18)/t8-/m1/s1. The summed E-state index contributed by atoms with van der Waals surface area (Å²) in [6, 6.07) is 10.7. The Morgan fingerprint density at radius 3 is 2.74 bits per heavy atom. The highest BCUT2D eigenvalue weighted by Crippen LogP contribution is 2.23. The molecule has 0 unspecified atom stereocenters. The highest BCUT2D eigenvalue weighted by molar-refractivity contribution is 8.00. The maximum absolute atomic E-state index is 11.6. The van der Waals surface area contributed by atoms with E-state index in [2.05, 4.69) is 10.3 Å². The van der Waals surface area contributed by atoms with Gasteiger partial charge in [0.05, 0.1) is 15.8 Å². The molecular formula is C13H13N3O2S. The lowest BCUT2D eigenvalue weighted by atomic mass is 10.2. The Labute approximate surface area is 114 Å². The summed E-state index contributed by atoms with van der Waals surface area (Å²) < 4.78 is 0. The predicted octanol–water partition coefficient (Wildman–Crippen LogP) is 1.91. The molecule has 0 spiro atoms. The highest BCUT2D eigenvalue weighted by atomic mass is 32.2. The Hall–Kier alpha value is -2.08. The van der Waals surface area contributed by atoms with Crippen molar-refractivity contribution < 1.29 is 9.59 Å². The number of para-hydroxylation sites is 1. The average molecular weight is 275 g/mol. The molecule has 3 N–H and O–H groups in total. The fraction of sp³-hybridized carbons (Fsp3) is 0.154. The number of carbonyl (C=O) groups excluding carboxylic acids is 2. The summed E-state index contributed by atoms with van der Waals surface area (Å²) in [5.74, 6) is -0.424. The molecule has 19 heavy (non-hydrogen) atoms. The number of amides is 3. The molecular weight excluding hydrogens is 262 g/mol. The van der Waals surface area contributed by atoms with Gasteiger partial charge in [0.1, 0.15) is 0 Å². The van der Waals surface area contributed by atoms with Crippen LogP contribution < -0.4 is 11.1 Å². The number of primary amides is 1. The molecule has 1 atom stereocenters. The highest BCUT2D eigenvalue weighted by Gasteiger charge is 2.16. The first-order chi connectivity index (χ1) is 9.06. The van der Waals surface area contributed by atoms with Gasteiger partial charge in [0, 0.05) is 5.39 Å². The number of hydrogen-bond acceptors (Lipinski definition) is 4. The second-order valence-corrected chi connectivity index (χ2v) is 5.32. The van der Waals surface area contributed by atoms with Crippen LogP contribution in [0.1, 0.15) is 6.92 Å². The predicted molar refractivity (Wildman–Crippen MR) is 74.8 cm³/mol. The summed E-state index contributed by atoms with van der Waals surface area (Å²) in [6.45, 7) is 1.69. The van der Waals surface area contributed by atoms with Crippen LogP contribution in [0.3, 0.4) is 0 Å². The van der Waals surface area contributed by atoms with Crippen molar-refractivity contribution >= 4 is 34.6 Å². The number of rotatable bonds is 3. The Morgan fingerprint density at radius 2 is 2.00 bits per heavy atom. The number of carbonyl (C=O) groups is 2. The van der Waals surface area contributed by atoms with Crippen LogP contribution >= 0.6 is 11.8 Å². The number of imide groups is 1. The van der Waals surface area contributed by atoms with Crippen molar-refractivity contribution in [3.05, 3.63) is 36.4 Å². The van der Waals surface area contributed by atoms with Gasteiger partial charge in [-0.2, -0.15) is 0 Å². The summed E-state index contributed by atoms with van der Waals surface area (Å²) in [4.78, 5) is 26.6. The van der Waals surface area contributed by atoms with E-state index in [9.17, 15) is 9.59 Å². The summed E-state index contributed by atoms with van der Waals surface area (Å²) in [5, 5.41) is 3.38. The zero-order valence-electron chi connectivity index (χ0n) is 10.3. The van der Waals surface area contributed by atoms with E-state index >= 15 is 0 Å². The number of nitrogens with zero attached hydrogens (tertiary/aromatic N) is 1. The van der Waals surface area contributed by atoms with E-state index in [1.165, 1.54) is 11.8 Å². The third kappa shape index (κ3) is 3.45. The normalized spacial score (nSPS) is 12.1. The van der Waals surface area contributed by atoms with Crippen LogP contribution in [-0.4, -0.2) is 22.2 Å². The molecule has 0 aliphatic heterocycles. The number of thioether (sulfide) groups is 1. The van der Waals surface area contributed by atoms with Gasteiger partial charge in [-0.1, -0.05) is 36.0 Å². The summed E-state index contributed by atoms with van der Waals surface area (Å²) in [6.07, 6.45) is 0. The lowest BCUT2D eigenvalue weighted by Gasteiger charge is -2.09. The van der Waals surface area contributed by atoms with Crippen LogP contribution in [0.2, 0.25) is 0 Å². The van der Waals surface area contributed by atoms with Crippen molar-refractivity contribution in [2.45, 2.75) is 17.2 Å². The Balaban J connectivity index is 2.12. The molecule has 1 aromatic carbocycles. The topological polar surface area (TPSA) is 85.1 Å². The molecule has 6 heteroatoms. The third-order valence-corrected chi connectivity index (χ3v) is 3.52. The van der Waals surface area contributed by atoms with Gasteiger partial charge >= 0.3 is 6.03 Å². The molecule has 2 rings (SSSR count). The van der Waals surface area contributed by atoms with Gasteiger partial charge in [-0.15, -0.1) is 0 Å². The van der Waals surface area contributed by atoms with Gasteiger partial charge in [-0.3, -0.25) is 10.1 Å². The minimum atomic E-state index is -0.844. The zero-order valence-corrected chi connectivity index (χ0v) is 11.1. The van der Waals surface area contributed by atoms with E-state index < -0.39 is 17.2 Å². The maximum Gasteiger partial charge on any atom is 0.318 e. The van der Waals surface area contributed by atoms with Gasteiger partial charge < -0.3 is 5.73 Å². The molecule has 0 saturated heterocycles. The van der Waals surface area contributed by atoms with Gasteiger partial charge in [0.25, 0.3) is 0 Å². The second kappa shape index (κ2) is 5.71. The van der Waals surface area contributed by atoms with Crippen molar-refractivity contribution in [2.75, 3.05) is 0 Å². The van der Waals surface area contributed by atoms with Gasteiger partial charge in [0.2, 0.25) is 5.91 Å². The molecule has 5 nitrogen and oxygen atoms in total. The fourth-order valence-corrected chi connectivity index (χ4v) is 2.40. The Kier molecular flexibility index (Phi) is 4.01. The number of aromatic nitrogens is 1. The van der Waals surface area contributed by atoms with Crippen LogP contribution in [0.15, 0.2) is 41.4 Å². The van der Waals surface area contributed by atoms with Crippen molar-refractivity contribution in [1.29, 1.82) is 0 Å². The summed E-state index contributed by atoms with van der Waals surface area (Å²) in [7, 11) is 0. The molecule has 1 aromatic heterocycles. The third-order valence-electron chi connectivity index (χ3n) is 2.49. The van der Waals surface area contributed by atoms with Crippen LogP contribution in [-0.2, 0) is 4.79 Å². The largest absolute Gasteiger partial charge is 0.351 e. The molecule has 0 radical (unpaired) electrons. The summed E-state index contributed by atoms with van der Waals surface area (Å²) in [5.41, 5.74) is 5.77. The lowest BCUT2D eigenvalue weighted by molar-refractivity contribution is -0.119. The number of pyridine rings is 1. The Bertz CT molecular complexity index is 630. The quantitative estimate of drug-likeness (QED) is 0.838. The molecule has 0 fully saturated rings. The number of nitrogens with two attached hydrogens (primary N) is 1. The van der Waals surface area contributed by atoms with E-state index in [0.29, 0.717) is 0 Å². The monoisotopic (exact) mass is 275 g/mol. The number of fused-ring (bicyclic) bond motifs is 1. The van der Waals surface area contributed by atoms with E-state index in [1.54, 1.807) is 6.92 Å². The van der Waals surface area contributed by atoms with Crippen LogP contribution in [0.4, 0.5) is 4.79 Å². The molecule has 3 amide bonds. The van der Waals surface area contributed by atoms with Crippen molar-refractivity contribution in [2.24, 2.45) is 5.73 Å². The van der Waals surface area contributed by atoms with Crippen LogP contribution in [0.25, 0.3) is 10.9 Å². The molecule has 0 saturated carbocycles. The molecule has 0 aliphatic carbocycles. The van der Waals surface area contributed by atoms with Gasteiger partial charge in [-0.25, -0.2) is 9.78 Å². The number of hydrogen-bond donors (Lipinski definition) is 2. The fourth-order valence-electron chi connectivity index (χ4n) is 1.57. The first-order valence-corrected chi connectivity index (χ1v) is 6.57. The molecule has 0 bridgehead atoms. The number of urea groups is 1. The van der Waals surface area contributed by atoms with Crippen LogP contribution in [0, 0.1) is 0 Å². The Morgan fingerprint density at radius 1 is 1.26 bits per heavy atom. The van der Waals surface area contributed by atoms with Gasteiger partial charge in [0.15, 0.2) is 0 Å². The van der Waals surface area contributed by atoms with E-state index in [-0.39, 0.29) is 0 Å². The van der Waals surface area contributed by atoms with Crippen molar-refractivity contribution in [3.63, 3.8) is 0 Å². The molecule has 1 heterocycles. The minimum Gasteiger partial charge on any atom is -0.351 e. The number of nitrogens with one attached hydrogen (secondary N) is 1. The van der Waals surface area contributed by atoms with E-state index in [1.807, 2.05) is 36.4 Å². The lowest BCUT2D eigenvalue weighted by Crippen LogP contribution is -2.39. The zero-order chi connectivity index (χ0) is 13.8. The number of benzene rings is 1. The van der Waals surface area contributed by atoms with Crippen LogP contribution in [0.5, 0.6) is 0 Å². The van der Waals surface area contributed by atoms with E-state index in [4.69, 9.17) is 5.73 Å². The second-order valence-electron chi connectivity index (χ2n) is 3.96. The van der Waals surface area contributed by atoms with Gasteiger partial charge in [-0.05, 0) is 19.1 Å². The average Bonchev–Trinajstić information content (AvgIpc) is 2.37. The SMILES string of the molecule is C[C@@H](Sc1ccc2ccccc2n1)C(=O)NC(N)=O. The van der Waals surface area contributed by atoms with Crippen molar-refractivity contribution in [3.8, 4) is 0 Å². The molecule has 98 valence electrons. The minimum absolute atomic E-state index is 0.424. The smallest absolute Gasteiger partial charge is 0.318 e. The maximum atomic E-state index is 11.6. The molecule has 2 aromatic rings. The van der Waals surface area contributed by atoms with E-state index in [0.717, 1.165) is 15.9 Å². The first-order valence-electron chi connectivity index (χ1n) is 5.69. The summed E-state index contributed by atoms with van der Waals surface area (Å²) >= 11 is 1.28. The van der Waals surface area contributed by atoms with Crippen molar-refractivity contribution in [1.82, 2.24) is 10.3 Å². The first kappa shape index (κ1) is 13.4. The molecule has 0 aliphatic rings.